The van der Waals surface area contributed by atoms with E-state index in [-0.39, 0.29) is 18.0 Å². The monoisotopic (exact) mass is 325 g/mol. The van der Waals surface area contributed by atoms with Crippen LogP contribution in [0.25, 0.3) is 6.08 Å². The van der Waals surface area contributed by atoms with Crippen molar-refractivity contribution >= 4 is 23.9 Å². The topological polar surface area (TPSA) is 93.8 Å². The summed E-state index contributed by atoms with van der Waals surface area (Å²) in [5, 5.41) is 14.6. The lowest BCUT2D eigenvalue weighted by atomic mass is 10.2. The molecule has 2 aromatic rings. The fraction of sp³-hybridized carbons (Fsp3) is 0.0588. The highest BCUT2D eigenvalue weighted by molar-refractivity contribution is 5.82. The standard InChI is InChI=1S/C17H15N3O4/c21-17(13-24-16-11-5-4-10-15(16)20(22)23)19-18-12-6-9-14-7-2-1-3-8-14/h1-12H,13H2,(H,19,21)/b9-6+,18-12+. The van der Waals surface area contributed by atoms with E-state index in [0.717, 1.165) is 5.56 Å². The van der Waals surface area contributed by atoms with Crippen LogP contribution in [0.5, 0.6) is 5.75 Å². The second-order valence-electron chi connectivity index (χ2n) is 4.60. The number of nitro benzene ring substituents is 1. The highest BCUT2D eigenvalue weighted by atomic mass is 16.6. The largest absolute Gasteiger partial charge is 0.477 e. The minimum Gasteiger partial charge on any atom is -0.477 e. The van der Waals surface area contributed by atoms with Crippen molar-refractivity contribution in [1.29, 1.82) is 0 Å². The molecular formula is C17H15N3O4. The number of ether oxygens (including phenoxy) is 1. The third-order valence-electron chi connectivity index (χ3n) is 2.86. The van der Waals surface area contributed by atoms with E-state index in [1.165, 1.54) is 24.4 Å². The van der Waals surface area contributed by atoms with Gasteiger partial charge < -0.3 is 4.74 Å². The number of carbonyl (C=O) groups excluding carboxylic acids is 1. The number of allylic oxidation sites excluding steroid dienone is 1. The Morgan fingerprint density at radius 2 is 1.88 bits per heavy atom. The number of hydrazone groups is 1. The maximum atomic E-state index is 11.6. The predicted molar refractivity (Wildman–Crippen MR) is 90.7 cm³/mol. The van der Waals surface area contributed by atoms with Crippen molar-refractivity contribution in [2.75, 3.05) is 6.61 Å². The minimum atomic E-state index is -0.570. The van der Waals surface area contributed by atoms with E-state index in [1.54, 1.807) is 12.1 Å². The summed E-state index contributed by atoms with van der Waals surface area (Å²) in [6.45, 7) is -0.370. The molecule has 2 aromatic carbocycles. The van der Waals surface area contributed by atoms with Gasteiger partial charge in [-0.15, -0.1) is 0 Å². The van der Waals surface area contributed by atoms with Crippen LogP contribution in [0, 0.1) is 10.1 Å². The van der Waals surface area contributed by atoms with Crippen LogP contribution < -0.4 is 10.2 Å². The van der Waals surface area contributed by atoms with Crippen LogP contribution in [0.2, 0.25) is 0 Å². The van der Waals surface area contributed by atoms with Crippen LogP contribution in [0.15, 0.2) is 65.8 Å². The highest BCUT2D eigenvalue weighted by Crippen LogP contribution is 2.25. The van der Waals surface area contributed by atoms with Crippen molar-refractivity contribution in [3.63, 3.8) is 0 Å². The van der Waals surface area contributed by atoms with Gasteiger partial charge in [0.1, 0.15) is 0 Å². The zero-order valence-electron chi connectivity index (χ0n) is 12.7. The molecule has 0 spiro atoms. The van der Waals surface area contributed by atoms with Crippen molar-refractivity contribution < 1.29 is 14.5 Å². The molecule has 0 aliphatic carbocycles. The molecule has 0 fully saturated rings. The number of amides is 1. The molecule has 0 bridgehead atoms. The Bertz CT molecular complexity index is 757. The number of carbonyl (C=O) groups is 1. The van der Waals surface area contributed by atoms with E-state index >= 15 is 0 Å². The molecule has 1 N–H and O–H groups in total. The molecule has 0 aromatic heterocycles. The predicted octanol–water partition coefficient (Wildman–Crippen LogP) is 2.79. The van der Waals surface area contributed by atoms with Crippen molar-refractivity contribution in [2.24, 2.45) is 5.10 Å². The Morgan fingerprint density at radius 3 is 2.62 bits per heavy atom. The lowest BCUT2D eigenvalue weighted by molar-refractivity contribution is -0.385. The minimum absolute atomic E-state index is 0.0330. The molecule has 0 saturated carbocycles. The average Bonchev–Trinajstić information content (AvgIpc) is 2.60. The lowest BCUT2D eigenvalue weighted by Crippen LogP contribution is -2.24. The second kappa shape index (κ2) is 8.84. The van der Waals surface area contributed by atoms with E-state index in [0.29, 0.717) is 0 Å². The smallest absolute Gasteiger partial charge is 0.310 e. The van der Waals surface area contributed by atoms with Crippen LogP contribution in [0.1, 0.15) is 5.56 Å². The van der Waals surface area contributed by atoms with Gasteiger partial charge in [-0.1, -0.05) is 48.5 Å². The first-order valence-electron chi connectivity index (χ1n) is 7.06. The molecule has 7 heteroatoms. The van der Waals surface area contributed by atoms with Gasteiger partial charge in [-0.25, -0.2) is 5.43 Å². The van der Waals surface area contributed by atoms with Crippen molar-refractivity contribution in [3.8, 4) is 5.75 Å². The van der Waals surface area contributed by atoms with Crippen LogP contribution in [-0.2, 0) is 4.79 Å². The van der Waals surface area contributed by atoms with Crippen molar-refractivity contribution in [1.82, 2.24) is 5.43 Å². The van der Waals surface area contributed by atoms with E-state index < -0.39 is 10.8 Å². The quantitative estimate of drug-likeness (QED) is 0.481. The number of nitrogens with zero attached hydrogens (tertiary/aromatic N) is 2. The van der Waals surface area contributed by atoms with Crippen LogP contribution >= 0.6 is 0 Å². The van der Waals surface area contributed by atoms with Gasteiger partial charge in [-0.3, -0.25) is 14.9 Å². The van der Waals surface area contributed by atoms with E-state index in [2.05, 4.69) is 10.5 Å². The van der Waals surface area contributed by atoms with Gasteiger partial charge in [-0.2, -0.15) is 5.10 Å². The lowest BCUT2D eigenvalue weighted by Gasteiger charge is -2.04. The van der Waals surface area contributed by atoms with Gasteiger partial charge >= 0.3 is 5.69 Å². The van der Waals surface area contributed by atoms with Gasteiger partial charge in [0.25, 0.3) is 5.91 Å². The number of nitrogens with one attached hydrogen (secondary N) is 1. The van der Waals surface area contributed by atoms with Crippen LogP contribution in [0.3, 0.4) is 0 Å². The SMILES string of the molecule is O=C(COc1ccccc1[N+](=O)[O-])N/N=C/C=C/c1ccccc1. The Hall–Kier alpha value is -3.48. The first-order chi connectivity index (χ1) is 11.7. The molecule has 0 aliphatic rings. The maximum Gasteiger partial charge on any atom is 0.310 e. The average molecular weight is 325 g/mol. The number of rotatable bonds is 7. The fourth-order valence-corrected chi connectivity index (χ4v) is 1.78. The van der Waals surface area contributed by atoms with Crippen molar-refractivity contribution in [2.45, 2.75) is 0 Å². The Labute approximate surface area is 138 Å². The van der Waals surface area contributed by atoms with Gasteiger partial charge in [0.15, 0.2) is 12.4 Å². The van der Waals surface area contributed by atoms with Gasteiger partial charge in [0, 0.05) is 12.3 Å². The second-order valence-corrected chi connectivity index (χ2v) is 4.60. The normalized spacial score (nSPS) is 10.8. The van der Waals surface area contributed by atoms with Gasteiger partial charge in [0.05, 0.1) is 4.92 Å². The van der Waals surface area contributed by atoms with E-state index in [1.807, 2.05) is 36.4 Å². The number of benzene rings is 2. The third-order valence-corrected chi connectivity index (χ3v) is 2.86. The molecule has 24 heavy (non-hydrogen) atoms. The summed E-state index contributed by atoms with van der Waals surface area (Å²) >= 11 is 0. The van der Waals surface area contributed by atoms with E-state index in [4.69, 9.17) is 4.74 Å². The van der Waals surface area contributed by atoms with Crippen molar-refractivity contribution in [3.05, 3.63) is 76.4 Å². The summed E-state index contributed by atoms with van der Waals surface area (Å²) in [4.78, 5) is 21.8. The summed E-state index contributed by atoms with van der Waals surface area (Å²) in [6.07, 6.45) is 4.94. The molecule has 2 rings (SSSR count). The molecule has 0 radical (unpaired) electrons. The number of hydrogen-bond donors (Lipinski definition) is 1. The number of nitro groups is 1. The first kappa shape index (κ1) is 16.9. The Balaban J connectivity index is 1.79. The Kier molecular flexibility index (Phi) is 6.22. The number of para-hydroxylation sites is 2. The summed E-state index contributed by atoms with van der Waals surface area (Å²) < 4.78 is 5.14. The molecule has 0 heterocycles. The van der Waals surface area contributed by atoms with E-state index in [9.17, 15) is 14.9 Å². The summed E-state index contributed by atoms with van der Waals surface area (Å²) in [6, 6.07) is 15.5. The molecule has 0 aliphatic heterocycles. The van der Waals surface area contributed by atoms with Gasteiger partial charge in [0.2, 0.25) is 0 Å². The first-order valence-corrected chi connectivity index (χ1v) is 7.06. The van der Waals surface area contributed by atoms with Crippen LogP contribution in [0.4, 0.5) is 5.69 Å². The number of hydrogen-bond acceptors (Lipinski definition) is 5. The molecular weight excluding hydrogens is 310 g/mol. The van der Waals surface area contributed by atoms with Gasteiger partial charge in [-0.05, 0) is 17.7 Å². The maximum absolute atomic E-state index is 11.6. The fourth-order valence-electron chi connectivity index (χ4n) is 1.78. The zero-order chi connectivity index (χ0) is 17.2. The Morgan fingerprint density at radius 1 is 1.17 bits per heavy atom. The summed E-state index contributed by atoms with van der Waals surface area (Å²) in [5.74, 6) is -0.483. The highest BCUT2D eigenvalue weighted by Gasteiger charge is 2.14. The summed E-state index contributed by atoms with van der Waals surface area (Å²) in [7, 11) is 0. The summed E-state index contributed by atoms with van der Waals surface area (Å²) in [5.41, 5.74) is 3.09. The molecule has 0 atom stereocenters. The molecule has 0 unspecified atom stereocenters. The van der Waals surface area contributed by atoms with Crippen LogP contribution in [-0.4, -0.2) is 23.7 Å². The third kappa shape index (κ3) is 5.38. The molecule has 7 nitrogen and oxygen atoms in total. The zero-order valence-corrected chi connectivity index (χ0v) is 12.7. The molecule has 1 amide bonds. The molecule has 122 valence electrons. The molecule has 0 saturated heterocycles.